The number of benzene rings is 1. The van der Waals surface area contributed by atoms with Gasteiger partial charge in [-0.25, -0.2) is 4.85 Å². The Bertz CT molecular complexity index is 381. The molecule has 1 aliphatic carbocycles. The first-order valence-electron chi connectivity index (χ1n) is 5.07. The molecule has 1 heteroatoms. The van der Waals surface area contributed by atoms with Crippen LogP contribution in [0.2, 0.25) is 0 Å². The van der Waals surface area contributed by atoms with Crippen LogP contribution >= 0.6 is 0 Å². The zero-order valence-electron chi connectivity index (χ0n) is 8.16. The molecule has 0 aromatic heterocycles. The van der Waals surface area contributed by atoms with E-state index in [1.165, 1.54) is 24.0 Å². The fraction of sp³-hybridized carbons (Fsp3) is 0.308. The van der Waals surface area contributed by atoms with Crippen LogP contribution in [0, 0.1) is 6.57 Å². The summed E-state index contributed by atoms with van der Waals surface area (Å²) >= 11 is 0. The van der Waals surface area contributed by atoms with Gasteiger partial charge in [0.15, 0.2) is 5.70 Å². The molecule has 0 saturated carbocycles. The molecule has 1 aliphatic rings. The fourth-order valence-electron chi connectivity index (χ4n) is 1.96. The van der Waals surface area contributed by atoms with E-state index in [1.54, 1.807) is 0 Å². The minimum atomic E-state index is 0.966. The van der Waals surface area contributed by atoms with E-state index < -0.39 is 0 Å². The van der Waals surface area contributed by atoms with Crippen LogP contribution < -0.4 is 0 Å². The first-order chi connectivity index (χ1) is 6.92. The second kappa shape index (κ2) is 4.11. The van der Waals surface area contributed by atoms with Crippen LogP contribution in [0.25, 0.3) is 10.4 Å². The number of hydrogen-bond acceptors (Lipinski definition) is 0. The summed E-state index contributed by atoms with van der Waals surface area (Å²) in [4.78, 5) is 3.63. The molecule has 1 nitrogen and oxygen atoms in total. The Hall–Kier alpha value is -1.55. The van der Waals surface area contributed by atoms with E-state index in [1.807, 2.05) is 18.2 Å². The normalized spacial score (nSPS) is 16.5. The van der Waals surface area contributed by atoms with Gasteiger partial charge in [0.1, 0.15) is 0 Å². The Morgan fingerprint density at radius 3 is 2.43 bits per heavy atom. The van der Waals surface area contributed by atoms with E-state index in [0.717, 1.165) is 18.5 Å². The van der Waals surface area contributed by atoms with Gasteiger partial charge in [0.05, 0.1) is 6.57 Å². The summed E-state index contributed by atoms with van der Waals surface area (Å²) in [6, 6.07) is 10.3. The van der Waals surface area contributed by atoms with Gasteiger partial charge in [-0.3, -0.25) is 0 Å². The van der Waals surface area contributed by atoms with E-state index in [2.05, 4.69) is 17.0 Å². The molecule has 0 bridgehead atoms. The van der Waals surface area contributed by atoms with Gasteiger partial charge in [-0.1, -0.05) is 43.2 Å². The third-order valence-corrected chi connectivity index (χ3v) is 2.70. The van der Waals surface area contributed by atoms with Crippen molar-refractivity contribution in [2.24, 2.45) is 0 Å². The Labute approximate surface area is 84.9 Å². The average molecular weight is 183 g/mol. The van der Waals surface area contributed by atoms with E-state index in [-0.39, 0.29) is 0 Å². The van der Waals surface area contributed by atoms with Crippen molar-refractivity contribution in [1.82, 2.24) is 0 Å². The topological polar surface area (TPSA) is 4.36 Å². The molecule has 0 heterocycles. The SMILES string of the molecule is [C-]#[N+]C1=C(c2ccccc2)CCCC1. The predicted molar refractivity (Wildman–Crippen MR) is 58.4 cm³/mol. The van der Waals surface area contributed by atoms with Gasteiger partial charge in [0.2, 0.25) is 0 Å². The van der Waals surface area contributed by atoms with Gasteiger partial charge in [0.25, 0.3) is 0 Å². The zero-order valence-corrected chi connectivity index (χ0v) is 8.16. The van der Waals surface area contributed by atoms with Gasteiger partial charge in [-0.15, -0.1) is 0 Å². The molecular formula is C13H13N. The van der Waals surface area contributed by atoms with Crippen molar-refractivity contribution >= 4 is 5.57 Å². The highest BCUT2D eigenvalue weighted by Crippen LogP contribution is 2.32. The molecular weight excluding hydrogens is 170 g/mol. The maximum atomic E-state index is 7.14. The lowest BCUT2D eigenvalue weighted by Gasteiger charge is -2.15. The van der Waals surface area contributed by atoms with Gasteiger partial charge >= 0.3 is 0 Å². The Morgan fingerprint density at radius 1 is 1.00 bits per heavy atom. The summed E-state index contributed by atoms with van der Waals surface area (Å²) in [6.07, 6.45) is 4.44. The molecule has 0 amide bonds. The lowest BCUT2D eigenvalue weighted by atomic mass is 9.91. The largest absolute Gasteiger partial charge is 0.242 e. The van der Waals surface area contributed by atoms with Gasteiger partial charge < -0.3 is 0 Å². The van der Waals surface area contributed by atoms with Crippen molar-refractivity contribution in [3.05, 3.63) is 53.0 Å². The summed E-state index contributed by atoms with van der Waals surface area (Å²) in [5.74, 6) is 0. The Balaban J connectivity index is 2.42. The van der Waals surface area contributed by atoms with E-state index >= 15 is 0 Å². The van der Waals surface area contributed by atoms with Crippen LogP contribution in [0.15, 0.2) is 36.0 Å². The number of rotatable bonds is 1. The average Bonchev–Trinajstić information content (AvgIpc) is 2.30. The highest BCUT2D eigenvalue weighted by Gasteiger charge is 2.13. The van der Waals surface area contributed by atoms with Crippen LogP contribution in [0.1, 0.15) is 31.2 Å². The Morgan fingerprint density at radius 2 is 1.71 bits per heavy atom. The maximum absolute atomic E-state index is 7.14. The van der Waals surface area contributed by atoms with Crippen LogP contribution in [0.5, 0.6) is 0 Å². The van der Waals surface area contributed by atoms with Crippen LogP contribution in [-0.2, 0) is 0 Å². The van der Waals surface area contributed by atoms with E-state index in [0.29, 0.717) is 0 Å². The van der Waals surface area contributed by atoms with Crippen LogP contribution in [0.4, 0.5) is 0 Å². The second-order valence-electron chi connectivity index (χ2n) is 3.61. The molecule has 0 spiro atoms. The molecule has 1 aromatic carbocycles. The summed E-state index contributed by atoms with van der Waals surface area (Å²) in [6.45, 7) is 7.14. The minimum Gasteiger partial charge on any atom is -0.242 e. The molecule has 0 radical (unpaired) electrons. The first-order valence-corrected chi connectivity index (χ1v) is 5.07. The molecule has 0 unspecified atom stereocenters. The lowest BCUT2D eigenvalue weighted by molar-refractivity contribution is 0.724. The van der Waals surface area contributed by atoms with Crippen LogP contribution in [0.3, 0.4) is 0 Å². The molecule has 14 heavy (non-hydrogen) atoms. The van der Waals surface area contributed by atoms with Crippen molar-refractivity contribution in [3.8, 4) is 0 Å². The summed E-state index contributed by atoms with van der Waals surface area (Å²) in [5.41, 5.74) is 3.48. The monoisotopic (exact) mass is 183 g/mol. The van der Waals surface area contributed by atoms with Crippen LogP contribution in [-0.4, -0.2) is 0 Å². The zero-order chi connectivity index (χ0) is 9.80. The standard InChI is InChI=1S/C13H13N/c1-14-13-10-6-5-9-12(13)11-7-3-2-4-8-11/h2-4,7-8H,5-6,9-10H2. The number of allylic oxidation sites excluding steroid dienone is 2. The lowest BCUT2D eigenvalue weighted by Crippen LogP contribution is -1.96. The molecule has 0 fully saturated rings. The van der Waals surface area contributed by atoms with Crippen molar-refractivity contribution in [2.45, 2.75) is 25.7 Å². The third kappa shape index (κ3) is 1.70. The molecule has 0 aliphatic heterocycles. The van der Waals surface area contributed by atoms with Crippen molar-refractivity contribution in [3.63, 3.8) is 0 Å². The molecule has 1 aromatic rings. The molecule has 0 N–H and O–H groups in total. The summed E-state index contributed by atoms with van der Waals surface area (Å²) in [7, 11) is 0. The van der Waals surface area contributed by atoms with Crippen molar-refractivity contribution < 1.29 is 0 Å². The molecule has 0 atom stereocenters. The predicted octanol–water partition coefficient (Wildman–Crippen LogP) is 3.89. The number of nitrogens with zero attached hydrogens (tertiary/aromatic N) is 1. The van der Waals surface area contributed by atoms with Gasteiger partial charge in [-0.2, -0.15) is 0 Å². The van der Waals surface area contributed by atoms with E-state index in [4.69, 9.17) is 6.57 Å². The smallest absolute Gasteiger partial charge is 0.169 e. The van der Waals surface area contributed by atoms with Gasteiger partial charge in [-0.05, 0) is 24.0 Å². The van der Waals surface area contributed by atoms with E-state index in [9.17, 15) is 0 Å². The highest BCUT2D eigenvalue weighted by atomic mass is 14.7. The summed E-state index contributed by atoms with van der Waals surface area (Å²) < 4.78 is 0. The second-order valence-corrected chi connectivity index (χ2v) is 3.61. The highest BCUT2D eigenvalue weighted by molar-refractivity contribution is 5.70. The quantitative estimate of drug-likeness (QED) is 0.582. The minimum absolute atomic E-state index is 0.966. The summed E-state index contributed by atoms with van der Waals surface area (Å²) in [5, 5.41) is 0. The maximum Gasteiger partial charge on any atom is 0.169 e. The third-order valence-electron chi connectivity index (χ3n) is 2.70. The molecule has 70 valence electrons. The van der Waals surface area contributed by atoms with Crippen molar-refractivity contribution in [2.75, 3.05) is 0 Å². The Kier molecular flexibility index (Phi) is 2.65. The van der Waals surface area contributed by atoms with Gasteiger partial charge in [0, 0.05) is 0 Å². The molecule has 0 saturated heterocycles. The van der Waals surface area contributed by atoms with Crippen molar-refractivity contribution in [1.29, 1.82) is 0 Å². The molecule has 2 rings (SSSR count). The first kappa shape index (κ1) is 9.02. The fourth-order valence-corrected chi connectivity index (χ4v) is 1.96. The number of hydrogen-bond donors (Lipinski definition) is 0.